The minimum absolute atomic E-state index is 0.219. The molecule has 0 saturated carbocycles. The van der Waals surface area contributed by atoms with Crippen molar-refractivity contribution in [1.29, 1.82) is 0 Å². The number of carbonyl (C=O) groups excluding carboxylic acids is 1. The molecule has 1 amide bonds. The second-order valence-corrected chi connectivity index (χ2v) is 5.57. The van der Waals surface area contributed by atoms with Gasteiger partial charge in [0.25, 0.3) is 0 Å². The first-order valence-electron chi connectivity index (χ1n) is 6.88. The van der Waals surface area contributed by atoms with Gasteiger partial charge < -0.3 is 10.6 Å². The minimum Gasteiger partial charge on any atom is -0.374 e. The van der Waals surface area contributed by atoms with Crippen LogP contribution < -0.4 is 16.0 Å². The summed E-state index contributed by atoms with van der Waals surface area (Å²) in [5.41, 5.74) is 9.05. The average Bonchev–Trinajstić information content (AvgIpc) is 2.35. The van der Waals surface area contributed by atoms with E-state index >= 15 is 0 Å². The molecular formula is C15H23N3O. The summed E-state index contributed by atoms with van der Waals surface area (Å²) in [6.45, 7) is 5.13. The van der Waals surface area contributed by atoms with Crippen LogP contribution in [0.2, 0.25) is 0 Å². The van der Waals surface area contributed by atoms with Gasteiger partial charge in [-0.2, -0.15) is 0 Å². The van der Waals surface area contributed by atoms with Crippen molar-refractivity contribution in [3.8, 4) is 0 Å². The van der Waals surface area contributed by atoms with Crippen molar-refractivity contribution in [3.05, 3.63) is 29.3 Å². The van der Waals surface area contributed by atoms with Crippen molar-refractivity contribution in [1.82, 2.24) is 5.32 Å². The van der Waals surface area contributed by atoms with Gasteiger partial charge in [-0.1, -0.05) is 12.1 Å². The molecule has 4 nitrogen and oxygen atoms in total. The first-order chi connectivity index (χ1) is 8.99. The predicted octanol–water partition coefficient (Wildman–Crippen LogP) is 1.59. The topological polar surface area (TPSA) is 58.4 Å². The molecule has 2 rings (SSSR count). The molecule has 0 bridgehead atoms. The molecule has 1 aromatic carbocycles. The zero-order valence-corrected chi connectivity index (χ0v) is 11.9. The highest BCUT2D eigenvalue weighted by Gasteiger charge is 2.21. The van der Waals surface area contributed by atoms with Crippen molar-refractivity contribution in [2.75, 3.05) is 18.5 Å². The Kier molecular flexibility index (Phi) is 4.10. The highest BCUT2D eigenvalue weighted by Crippen LogP contribution is 2.28. The number of rotatable bonds is 4. The quantitative estimate of drug-likeness (QED) is 0.865. The fourth-order valence-electron chi connectivity index (χ4n) is 2.66. The normalized spacial score (nSPS) is 16.3. The molecule has 0 spiro atoms. The van der Waals surface area contributed by atoms with Crippen LogP contribution in [-0.4, -0.2) is 25.5 Å². The number of nitrogens with zero attached hydrogens (tertiary/aromatic N) is 1. The summed E-state index contributed by atoms with van der Waals surface area (Å²) < 4.78 is 0. The van der Waals surface area contributed by atoms with Crippen LogP contribution in [0.15, 0.2) is 18.2 Å². The van der Waals surface area contributed by atoms with E-state index in [0.29, 0.717) is 0 Å². The van der Waals surface area contributed by atoms with Gasteiger partial charge in [-0.25, -0.2) is 0 Å². The fraction of sp³-hybridized carbons (Fsp3) is 0.533. The number of anilines is 1. The van der Waals surface area contributed by atoms with E-state index in [9.17, 15) is 4.79 Å². The SMILES string of the molecule is CC(C)NC(C(N)=O)c1ccc2c(c1)CCCN2C. The van der Waals surface area contributed by atoms with E-state index < -0.39 is 6.04 Å². The summed E-state index contributed by atoms with van der Waals surface area (Å²) in [7, 11) is 2.11. The number of carbonyl (C=O) groups is 1. The van der Waals surface area contributed by atoms with Crippen LogP contribution in [0.4, 0.5) is 5.69 Å². The lowest BCUT2D eigenvalue weighted by Crippen LogP contribution is -2.37. The monoisotopic (exact) mass is 261 g/mol. The van der Waals surface area contributed by atoms with Crippen LogP contribution >= 0.6 is 0 Å². The highest BCUT2D eigenvalue weighted by atomic mass is 16.1. The summed E-state index contributed by atoms with van der Waals surface area (Å²) in [6.07, 6.45) is 2.23. The van der Waals surface area contributed by atoms with Crippen LogP contribution in [0.1, 0.15) is 37.4 Å². The molecule has 0 aliphatic carbocycles. The van der Waals surface area contributed by atoms with Crippen LogP contribution in [0.3, 0.4) is 0 Å². The van der Waals surface area contributed by atoms with Crippen molar-refractivity contribution in [3.63, 3.8) is 0 Å². The largest absolute Gasteiger partial charge is 0.374 e. The van der Waals surface area contributed by atoms with Crippen LogP contribution in [-0.2, 0) is 11.2 Å². The van der Waals surface area contributed by atoms with Gasteiger partial charge in [-0.3, -0.25) is 10.1 Å². The van der Waals surface area contributed by atoms with Gasteiger partial charge in [0.05, 0.1) is 0 Å². The number of aryl methyl sites for hydroxylation is 1. The maximum atomic E-state index is 11.6. The van der Waals surface area contributed by atoms with Gasteiger partial charge >= 0.3 is 0 Å². The van der Waals surface area contributed by atoms with Crippen LogP contribution in [0.25, 0.3) is 0 Å². The second kappa shape index (κ2) is 5.61. The summed E-state index contributed by atoms with van der Waals surface area (Å²) in [5, 5.41) is 3.23. The summed E-state index contributed by atoms with van der Waals surface area (Å²) in [4.78, 5) is 13.9. The Bertz CT molecular complexity index is 470. The third-order valence-electron chi connectivity index (χ3n) is 3.57. The van der Waals surface area contributed by atoms with E-state index in [0.717, 1.165) is 24.9 Å². The van der Waals surface area contributed by atoms with Gasteiger partial charge in [0, 0.05) is 25.3 Å². The van der Waals surface area contributed by atoms with E-state index in [1.54, 1.807) is 0 Å². The first kappa shape index (κ1) is 13.9. The molecule has 1 aromatic rings. The van der Waals surface area contributed by atoms with Gasteiger partial charge in [-0.15, -0.1) is 0 Å². The molecule has 0 aromatic heterocycles. The van der Waals surface area contributed by atoms with Gasteiger partial charge in [0.2, 0.25) is 5.91 Å². The second-order valence-electron chi connectivity index (χ2n) is 5.57. The molecule has 0 saturated heterocycles. The molecule has 1 atom stereocenters. The maximum absolute atomic E-state index is 11.6. The molecule has 19 heavy (non-hydrogen) atoms. The van der Waals surface area contributed by atoms with Crippen molar-refractivity contribution in [2.24, 2.45) is 5.73 Å². The Morgan fingerprint density at radius 2 is 2.16 bits per heavy atom. The Morgan fingerprint density at radius 1 is 1.42 bits per heavy atom. The number of nitrogens with two attached hydrogens (primary N) is 1. The molecule has 1 aliphatic heterocycles. The predicted molar refractivity (Wildman–Crippen MR) is 78.2 cm³/mol. The number of fused-ring (bicyclic) bond motifs is 1. The minimum atomic E-state index is -0.405. The fourth-order valence-corrected chi connectivity index (χ4v) is 2.66. The van der Waals surface area contributed by atoms with E-state index in [1.807, 2.05) is 19.9 Å². The van der Waals surface area contributed by atoms with Crippen LogP contribution in [0.5, 0.6) is 0 Å². The van der Waals surface area contributed by atoms with Gasteiger partial charge in [-0.05, 0) is 43.9 Å². The number of amides is 1. The number of benzene rings is 1. The lowest BCUT2D eigenvalue weighted by atomic mass is 9.96. The van der Waals surface area contributed by atoms with Crippen molar-refractivity contribution < 1.29 is 4.79 Å². The number of nitrogens with one attached hydrogen (secondary N) is 1. The molecule has 4 heteroatoms. The molecule has 0 radical (unpaired) electrons. The summed E-state index contributed by atoms with van der Waals surface area (Å²) in [6, 6.07) is 6.04. The zero-order chi connectivity index (χ0) is 14.0. The van der Waals surface area contributed by atoms with Crippen LogP contribution in [0, 0.1) is 0 Å². The molecule has 0 fully saturated rings. The van der Waals surface area contributed by atoms with Gasteiger partial charge in [0.1, 0.15) is 6.04 Å². The molecule has 3 N–H and O–H groups in total. The van der Waals surface area contributed by atoms with E-state index in [-0.39, 0.29) is 11.9 Å². The lowest BCUT2D eigenvalue weighted by molar-refractivity contribution is -0.120. The number of hydrogen-bond acceptors (Lipinski definition) is 3. The Hall–Kier alpha value is -1.55. The highest BCUT2D eigenvalue weighted by molar-refractivity contribution is 5.81. The Balaban J connectivity index is 2.31. The third kappa shape index (κ3) is 3.07. The lowest BCUT2D eigenvalue weighted by Gasteiger charge is -2.29. The standard InChI is InChI=1S/C15H23N3O/c1-10(2)17-14(15(16)19)12-6-7-13-11(9-12)5-4-8-18(13)3/h6-7,9-10,14,17H,4-5,8H2,1-3H3,(H2,16,19). The Labute approximate surface area is 115 Å². The number of hydrogen-bond donors (Lipinski definition) is 2. The van der Waals surface area contributed by atoms with E-state index in [4.69, 9.17) is 5.73 Å². The zero-order valence-electron chi connectivity index (χ0n) is 11.9. The smallest absolute Gasteiger partial charge is 0.239 e. The van der Waals surface area contributed by atoms with E-state index in [2.05, 4.69) is 29.4 Å². The molecule has 1 unspecified atom stereocenters. The van der Waals surface area contributed by atoms with Crippen molar-refractivity contribution in [2.45, 2.75) is 38.8 Å². The molecule has 1 aliphatic rings. The number of primary amides is 1. The Morgan fingerprint density at radius 3 is 2.79 bits per heavy atom. The first-order valence-corrected chi connectivity index (χ1v) is 6.88. The molecular weight excluding hydrogens is 238 g/mol. The average molecular weight is 261 g/mol. The third-order valence-corrected chi connectivity index (χ3v) is 3.57. The van der Waals surface area contributed by atoms with Crippen molar-refractivity contribution >= 4 is 11.6 Å². The molecule has 104 valence electrons. The van der Waals surface area contributed by atoms with Gasteiger partial charge in [0.15, 0.2) is 0 Å². The maximum Gasteiger partial charge on any atom is 0.239 e. The van der Waals surface area contributed by atoms with E-state index in [1.165, 1.54) is 11.3 Å². The molecule has 1 heterocycles. The summed E-state index contributed by atoms with van der Waals surface area (Å²) in [5.74, 6) is -0.321. The summed E-state index contributed by atoms with van der Waals surface area (Å²) >= 11 is 0.